The molecule has 0 bridgehead atoms. The lowest BCUT2D eigenvalue weighted by atomic mass is 10.0. The predicted molar refractivity (Wildman–Crippen MR) is 126 cm³/mol. The van der Waals surface area contributed by atoms with Gasteiger partial charge in [-0.2, -0.15) is 4.39 Å². The SMILES string of the molecule is CCN(CC)C(C)CCC[n+]1ccc(/C(F)=C/c2ccc3cc(C)ccc3c2)c(F)c1. The number of hydrogen-bond acceptors (Lipinski definition) is 1. The van der Waals surface area contributed by atoms with E-state index < -0.39 is 11.6 Å². The topological polar surface area (TPSA) is 7.12 Å². The summed E-state index contributed by atoms with van der Waals surface area (Å²) in [6.07, 6.45) is 6.56. The maximum Gasteiger partial charge on any atom is 0.205 e. The Bertz CT molecular complexity index is 1050. The van der Waals surface area contributed by atoms with Gasteiger partial charge >= 0.3 is 0 Å². The van der Waals surface area contributed by atoms with E-state index in [0.717, 1.165) is 48.8 Å². The minimum Gasteiger partial charge on any atom is -0.301 e. The summed E-state index contributed by atoms with van der Waals surface area (Å²) in [5.41, 5.74) is 1.90. The lowest BCUT2D eigenvalue weighted by Crippen LogP contribution is -2.36. The number of aryl methyl sites for hydroxylation is 2. The first-order valence-corrected chi connectivity index (χ1v) is 11.2. The van der Waals surface area contributed by atoms with Gasteiger partial charge in [0.05, 0.1) is 5.56 Å². The number of hydrogen-bond donors (Lipinski definition) is 0. The molecule has 2 nitrogen and oxygen atoms in total. The third-order valence-corrected chi connectivity index (χ3v) is 6.01. The van der Waals surface area contributed by atoms with Crippen molar-refractivity contribution in [1.82, 2.24) is 4.90 Å². The first-order chi connectivity index (χ1) is 14.9. The zero-order valence-corrected chi connectivity index (χ0v) is 19.0. The maximum absolute atomic E-state index is 14.8. The van der Waals surface area contributed by atoms with Crippen LogP contribution in [0.3, 0.4) is 0 Å². The van der Waals surface area contributed by atoms with Crippen LogP contribution >= 0.6 is 0 Å². The Morgan fingerprint density at radius 1 is 1.06 bits per heavy atom. The molecule has 0 aliphatic carbocycles. The lowest BCUT2D eigenvalue weighted by Gasteiger charge is -2.25. The molecular weight excluding hydrogens is 390 g/mol. The van der Waals surface area contributed by atoms with Crippen molar-refractivity contribution >= 4 is 22.7 Å². The van der Waals surface area contributed by atoms with Crippen molar-refractivity contribution in [2.75, 3.05) is 13.1 Å². The molecule has 0 amide bonds. The summed E-state index contributed by atoms with van der Waals surface area (Å²) in [4.78, 5) is 2.42. The molecule has 3 aromatic rings. The Morgan fingerprint density at radius 2 is 1.77 bits per heavy atom. The Kier molecular flexibility index (Phi) is 7.91. The maximum atomic E-state index is 14.8. The molecule has 2 aromatic carbocycles. The largest absolute Gasteiger partial charge is 0.301 e. The number of benzene rings is 2. The molecule has 0 radical (unpaired) electrons. The molecule has 164 valence electrons. The molecule has 0 aliphatic rings. The summed E-state index contributed by atoms with van der Waals surface area (Å²) >= 11 is 0. The zero-order valence-electron chi connectivity index (χ0n) is 19.0. The Morgan fingerprint density at radius 3 is 2.48 bits per heavy atom. The van der Waals surface area contributed by atoms with Gasteiger partial charge in [0.15, 0.2) is 12.0 Å². The van der Waals surface area contributed by atoms with Gasteiger partial charge in [0, 0.05) is 18.5 Å². The molecule has 0 aliphatic heterocycles. The first kappa shape index (κ1) is 23.1. The predicted octanol–water partition coefficient (Wildman–Crippen LogP) is 6.55. The van der Waals surface area contributed by atoms with Crippen molar-refractivity contribution < 1.29 is 13.3 Å². The van der Waals surface area contributed by atoms with Gasteiger partial charge in [-0.05, 0) is 61.8 Å². The molecule has 4 heteroatoms. The van der Waals surface area contributed by atoms with Crippen molar-refractivity contribution in [1.29, 1.82) is 0 Å². The van der Waals surface area contributed by atoms with E-state index in [0.29, 0.717) is 6.04 Å². The van der Waals surface area contributed by atoms with E-state index in [9.17, 15) is 8.78 Å². The van der Waals surface area contributed by atoms with Crippen LogP contribution in [0.15, 0.2) is 54.9 Å². The van der Waals surface area contributed by atoms with Gasteiger partial charge in [-0.3, -0.25) is 0 Å². The van der Waals surface area contributed by atoms with Crippen LogP contribution in [0.5, 0.6) is 0 Å². The van der Waals surface area contributed by atoms with Crippen LogP contribution in [0.1, 0.15) is 50.3 Å². The fourth-order valence-electron chi connectivity index (χ4n) is 4.14. The number of pyridine rings is 1. The molecule has 3 rings (SSSR count). The van der Waals surface area contributed by atoms with E-state index in [-0.39, 0.29) is 5.56 Å². The van der Waals surface area contributed by atoms with Crippen molar-refractivity contribution in [3.05, 3.63) is 77.4 Å². The highest BCUT2D eigenvalue weighted by atomic mass is 19.1. The third-order valence-electron chi connectivity index (χ3n) is 6.01. The Balaban J connectivity index is 1.68. The Hall–Kier alpha value is -2.59. The molecule has 1 atom stereocenters. The summed E-state index contributed by atoms with van der Waals surface area (Å²) < 4.78 is 31.2. The molecular formula is C27H33F2N2+. The van der Waals surface area contributed by atoms with Crippen LogP contribution in [0.4, 0.5) is 8.78 Å². The van der Waals surface area contributed by atoms with Gasteiger partial charge in [0.2, 0.25) is 6.20 Å². The smallest absolute Gasteiger partial charge is 0.205 e. The molecule has 1 unspecified atom stereocenters. The Labute approximate surface area is 184 Å². The molecule has 0 saturated heterocycles. The standard InChI is InChI=1S/C27H33F2N2/c1-5-31(6-2)21(4)8-7-14-30-15-13-25(27(29)19-30)26(28)18-22-10-12-23-16-20(3)9-11-24(23)17-22/h9-13,15-19,21H,5-8,14H2,1-4H3/q+1/b26-18-. The second kappa shape index (κ2) is 10.6. The van der Waals surface area contributed by atoms with E-state index in [2.05, 4.69) is 31.7 Å². The van der Waals surface area contributed by atoms with Crippen molar-refractivity contribution in [3.8, 4) is 0 Å². The normalized spacial score (nSPS) is 13.2. The summed E-state index contributed by atoms with van der Waals surface area (Å²) in [5, 5.41) is 2.15. The van der Waals surface area contributed by atoms with E-state index in [1.54, 1.807) is 10.8 Å². The number of nitrogens with zero attached hydrogens (tertiary/aromatic N) is 2. The number of aromatic nitrogens is 1. The summed E-state index contributed by atoms with van der Waals surface area (Å²) in [5.74, 6) is -1.10. The molecule has 31 heavy (non-hydrogen) atoms. The second-order valence-electron chi connectivity index (χ2n) is 8.26. The zero-order chi connectivity index (χ0) is 22.4. The van der Waals surface area contributed by atoms with Crippen molar-refractivity contribution in [2.24, 2.45) is 0 Å². The van der Waals surface area contributed by atoms with E-state index in [4.69, 9.17) is 0 Å². The van der Waals surface area contributed by atoms with Gasteiger partial charge in [-0.25, -0.2) is 8.96 Å². The molecule has 0 spiro atoms. The number of halogens is 2. The van der Waals surface area contributed by atoms with Crippen molar-refractivity contribution in [2.45, 2.75) is 53.1 Å². The van der Waals surface area contributed by atoms with Crippen LogP contribution in [0.25, 0.3) is 22.7 Å². The second-order valence-corrected chi connectivity index (χ2v) is 8.26. The monoisotopic (exact) mass is 423 g/mol. The molecule has 0 fully saturated rings. The van der Waals surface area contributed by atoms with Gasteiger partial charge in [-0.1, -0.05) is 49.7 Å². The van der Waals surface area contributed by atoms with Crippen LogP contribution < -0.4 is 4.57 Å². The molecule has 0 N–H and O–H groups in total. The van der Waals surface area contributed by atoms with Gasteiger partial charge in [-0.15, -0.1) is 0 Å². The third kappa shape index (κ3) is 5.98. The number of fused-ring (bicyclic) bond motifs is 1. The fraction of sp³-hybridized carbons (Fsp3) is 0.370. The highest BCUT2D eigenvalue weighted by Crippen LogP contribution is 2.24. The molecule has 1 aromatic heterocycles. The van der Waals surface area contributed by atoms with Crippen LogP contribution in [0, 0.1) is 12.7 Å². The highest BCUT2D eigenvalue weighted by molar-refractivity contribution is 5.87. The minimum atomic E-state index is -0.564. The van der Waals surface area contributed by atoms with Gasteiger partial charge in [0.1, 0.15) is 12.4 Å². The quantitative estimate of drug-likeness (QED) is 0.354. The van der Waals surface area contributed by atoms with Crippen LogP contribution in [0.2, 0.25) is 0 Å². The van der Waals surface area contributed by atoms with E-state index in [1.165, 1.54) is 23.9 Å². The highest BCUT2D eigenvalue weighted by Gasteiger charge is 2.15. The van der Waals surface area contributed by atoms with Gasteiger partial charge < -0.3 is 4.90 Å². The first-order valence-electron chi connectivity index (χ1n) is 11.2. The summed E-state index contributed by atoms with van der Waals surface area (Å²) in [7, 11) is 0. The van der Waals surface area contributed by atoms with E-state index >= 15 is 0 Å². The minimum absolute atomic E-state index is 0.00300. The summed E-state index contributed by atoms with van der Waals surface area (Å²) in [6, 6.07) is 13.9. The van der Waals surface area contributed by atoms with Gasteiger partial charge in [0.25, 0.3) is 0 Å². The van der Waals surface area contributed by atoms with E-state index in [1.807, 2.05) is 37.3 Å². The fourth-order valence-corrected chi connectivity index (χ4v) is 4.14. The summed E-state index contributed by atoms with van der Waals surface area (Å²) in [6.45, 7) is 11.4. The molecule has 1 heterocycles. The average molecular weight is 424 g/mol. The molecule has 0 saturated carbocycles. The average Bonchev–Trinajstić information content (AvgIpc) is 2.74. The lowest BCUT2D eigenvalue weighted by molar-refractivity contribution is -0.698. The van der Waals surface area contributed by atoms with Crippen LogP contribution in [-0.4, -0.2) is 24.0 Å². The van der Waals surface area contributed by atoms with Crippen LogP contribution in [-0.2, 0) is 6.54 Å². The number of rotatable bonds is 9. The van der Waals surface area contributed by atoms with Crippen molar-refractivity contribution in [3.63, 3.8) is 0 Å².